The van der Waals surface area contributed by atoms with Gasteiger partial charge in [0.15, 0.2) is 12.6 Å². The molecule has 0 spiro atoms. The van der Waals surface area contributed by atoms with Gasteiger partial charge in [-0.1, -0.05) is 251 Å². The van der Waals surface area contributed by atoms with Crippen LogP contribution in [-0.2, 0) is 23.7 Å². The molecule has 12 atom stereocenters. The number of nitrogens with one attached hydrogen (secondary N) is 1. The third kappa shape index (κ3) is 30.7. The third-order valence-electron chi connectivity index (χ3n) is 15.3. The van der Waals surface area contributed by atoms with Crippen molar-refractivity contribution in [1.82, 2.24) is 5.32 Å². The predicted molar refractivity (Wildman–Crippen MR) is 286 cm³/mol. The van der Waals surface area contributed by atoms with E-state index in [-0.39, 0.29) is 12.5 Å². The molecule has 1 amide bonds. The number of hydrogen-bond acceptors (Lipinski definition) is 13. The number of ether oxygens (including phenoxy) is 4. The zero-order chi connectivity index (χ0) is 52.4. The fraction of sp³-hybridized carbons (Fsp3) is 0.983. The maximum absolute atomic E-state index is 13.3. The summed E-state index contributed by atoms with van der Waals surface area (Å²) in [5.41, 5.74) is 0. The SMILES string of the molecule is CCCCCCCCCCCCCCCCCCCCCCCC(=O)NC(COC1OC(CO)C(OC2OC(CO)C(O)C(O)C2O)C(O)C1O)C(O)CCCCCCCCCCCCCCCCCCC. The van der Waals surface area contributed by atoms with Crippen molar-refractivity contribution >= 4 is 5.91 Å². The number of unbranched alkanes of at least 4 members (excludes halogenated alkanes) is 36. The van der Waals surface area contributed by atoms with Crippen molar-refractivity contribution in [2.45, 2.75) is 344 Å². The fourth-order valence-electron chi connectivity index (χ4n) is 10.4. The topological polar surface area (TPSA) is 228 Å². The van der Waals surface area contributed by atoms with E-state index in [4.69, 9.17) is 18.9 Å². The van der Waals surface area contributed by atoms with Gasteiger partial charge in [0.2, 0.25) is 5.91 Å². The average molecular weight is 1030 g/mol. The molecule has 2 heterocycles. The lowest BCUT2D eigenvalue weighted by Gasteiger charge is -2.46. The molecule has 2 fully saturated rings. The number of carbonyl (C=O) groups is 1. The standard InChI is InChI=1S/C58H113NO13/c1-3-5-7-9-11-13-15-17-19-21-22-23-24-26-28-30-32-34-36-38-40-42-50(63)59-46(47(62)41-39-37-35-33-31-29-27-25-20-18-16-14-12-10-8-6-4-2)45-69-57-55(68)53(66)56(49(44-61)71-57)72-58-54(67)52(65)51(64)48(43-60)70-58/h46-49,51-58,60-62,64-68H,3-45H2,1-2H3,(H,59,63). The molecule has 0 radical (unpaired) electrons. The molecule has 2 aliphatic heterocycles. The van der Waals surface area contributed by atoms with E-state index in [0.29, 0.717) is 12.8 Å². The number of aliphatic hydroxyl groups is 8. The molecule has 2 saturated heterocycles. The average Bonchev–Trinajstić information content (AvgIpc) is 3.38. The maximum Gasteiger partial charge on any atom is 0.220 e. The third-order valence-corrected chi connectivity index (χ3v) is 15.3. The zero-order valence-electron chi connectivity index (χ0n) is 46.0. The van der Waals surface area contributed by atoms with Crippen LogP contribution in [0.2, 0.25) is 0 Å². The Bertz CT molecular complexity index is 1220. The van der Waals surface area contributed by atoms with Gasteiger partial charge in [0.05, 0.1) is 32.0 Å². The van der Waals surface area contributed by atoms with Crippen molar-refractivity contribution in [2.24, 2.45) is 0 Å². The number of hydrogen-bond donors (Lipinski definition) is 9. The summed E-state index contributed by atoms with van der Waals surface area (Å²) in [5.74, 6) is -0.200. The summed E-state index contributed by atoms with van der Waals surface area (Å²) in [6.07, 6.45) is 32.4. The quantitative estimate of drug-likeness (QED) is 0.0259. The molecule has 2 aliphatic rings. The Hall–Kier alpha value is -1.01. The van der Waals surface area contributed by atoms with Crippen LogP contribution < -0.4 is 5.32 Å². The van der Waals surface area contributed by atoms with Gasteiger partial charge < -0.3 is 65.1 Å². The van der Waals surface area contributed by atoms with Gasteiger partial charge in [0.25, 0.3) is 0 Å². The maximum atomic E-state index is 13.3. The normalized spacial score (nSPS) is 25.5. The van der Waals surface area contributed by atoms with Gasteiger partial charge in [-0.25, -0.2) is 0 Å². The van der Waals surface area contributed by atoms with Crippen LogP contribution in [0.5, 0.6) is 0 Å². The molecule has 9 N–H and O–H groups in total. The molecule has 0 saturated carbocycles. The Labute approximate surface area is 438 Å². The molecule has 428 valence electrons. The van der Waals surface area contributed by atoms with Crippen LogP contribution in [0.25, 0.3) is 0 Å². The van der Waals surface area contributed by atoms with Crippen molar-refractivity contribution in [3.8, 4) is 0 Å². The lowest BCUT2D eigenvalue weighted by molar-refractivity contribution is -0.359. The van der Waals surface area contributed by atoms with E-state index in [9.17, 15) is 45.6 Å². The Morgan fingerprint density at radius 3 is 1.18 bits per heavy atom. The van der Waals surface area contributed by atoms with Gasteiger partial charge in [-0.3, -0.25) is 4.79 Å². The monoisotopic (exact) mass is 1030 g/mol. The second-order valence-corrected chi connectivity index (χ2v) is 21.8. The summed E-state index contributed by atoms with van der Waals surface area (Å²) in [6, 6.07) is -0.822. The number of aliphatic hydroxyl groups excluding tert-OH is 8. The minimum Gasteiger partial charge on any atom is -0.394 e. The highest BCUT2D eigenvalue weighted by Gasteiger charge is 2.51. The summed E-state index contributed by atoms with van der Waals surface area (Å²) in [5, 5.41) is 87.3. The molecular formula is C58H113NO13. The number of amides is 1. The molecule has 72 heavy (non-hydrogen) atoms. The summed E-state index contributed by atoms with van der Waals surface area (Å²) in [7, 11) is 0. The molecule has 14 heteroatoms. The summed E-state index contributed by atoms with van der Waals surface area (Å²) < 4.78 is 22.8. The van der Waals surface area contributed by atoms with Crippen molar-refractivity contribution in [2.75, 3.05) is 19.8 Å². The molecule has 0 bridgehead atoms. The van der Waals surface area contributed by atoms with Crippen LogP contribution in [0.3, 0.4) is 0 Å². The highest BCUT2D eigenvalue weighted by molar-refractivity contribution is 5.76. The molecule has 2 rings (SSSR count). The minimum atomic E-state index is -1.78. The van der Waals surface area contributed by atoms with Gasteiger partial charge in [-0.15, -0.1) is 0 Å². The van der Waals surface area contributed by atoms with Gasteiger partial charge in [-0.05, 0) is 12.8 Å². The molecule has 0 aliphatic carbocycles. The van der Waals surface area contributed by atoms with Crippen molar-refractivity contribution in [3.05, 3.63) is 0 Å². The van der Waals surface area contributed by atoms with E-state index in [0.717, 1.165) is 51.4 Å². The second kappa shape index (κ2) is 45.1. The smallest absolute Gasteiger partial charge is 0.220 e. The van der Waals surface area contributed by atoms with Crippen molar-refractivity contribution in [3.63, 3.8) is 0 Å². The first-order chi connectivity index (χ1) is 35.1. The molecule has 14 nitrogen and oxygen atoms in total. The largest absolute Gasteiger partial charge is 0.394 e. The zero-order valence-corrected chi connectivity index (χ0v) is 46.0. The van der Waals surface area contributed by atoms with Gasteiger partial charge >= 0.3 is 0 Å². The summed E-state index contributed by atoms with van der Waals surface area (Å²) in [6.45, 7) is 2.90. The van der Waals surface area contributed by atoms with E-state index in [1.807, 2.05) is 0 Å². The first kappa shape index (κ1) is 67.1. The van der Waals surface area contributed by atoms with Crippen molar-refractivity contribution < 1.29 is 64.6 Å². The van der Waals surface area contributed by atoms with Crippen LogP contribution in [0.4, 0.5) is 0 Å². The lowest BCUT2D eigenvalue weighted by atomic mass is 9.97. The molecule has 0 aromatic rings. The fourth-order valence-corrected chi connectivity index (χ4v) is 10.4. The first-order valence-electron chi connectivity index (χ1n) is 30.3. The van der Waals surface area contributed by atoms with Crippen LogP contribution in [0, 0.1) is 0 Å². The molecule has 12 unspecified atom stereocenters. The van der Waals surface area contributed by atoms with Crippen LogP contribution in [0.15, 0.2) is 0 Å². The highest BCUT2D eigenvalue weighted by Crippen LogP contribution is 2.30. The van der Waals surface area contributed by atoms with Crippen LogP contribution >= 0.6 is 0 Å². The van der Waals surface area contributed by atoms with Gasteiger partial charge in [-0.2, -0.15) is 0 Å². The second-order valence-electron chi connectivity index (χ2n) is 21.8. The lowest BCUT2D eigenvalue weighted by Crippen LogP contribution is -2.65. The van der Waals surface area contributed by atoms with E-state index in [2.05, 4.69) is 19.2 Å². The first-order valence-corrected chi connectivity index (χ1v) is 30.3. The number of carbonyl (C=O) groups excluding carboxylic acids is 1. The van der Waals surface area contributed by atoms with Gasteiger partial charge in [0.1, 0.15) is 48.8 Å². The van der Waals surface area contributed by atoms with E-state index in [1.54, 1.807) is 0 Å². The minimum absolute atomic E-state index is 0.200. The highest BCUT2D eigenvalue weighted by atomic mass is 16.7. The molecule has 0 aromatic heterocycles. The number of rotatable bonds is 49. The van der Waals surface area contributed by atoms with Crippen LogP contribution in [-0.4, -0.2) is 140 Å². The predicted octanol–water partition coefficient (Wildman–Crippen LogP) is 10.1. The molecule has 0 aromatic carbocycles. The summed E-state index contributed by atoms with van der Waals surface area (Å²) in [4.78, 5) is 13.3. The molecular weight excluding hydrogens is 919 g/mol. The van der Waals surface area contributed by atoms with E-state index in [1.165, 1.54) is 193 Å². The Morgan fingerprint density at radius 2 is 0.792 bits per heavy atom. The Morgan fingerprint density at radius 1 is 0.444 bits per heavy atom. The summed E-state index contributed by atoms with van der Waals surface area (Å²) >= 11 is 0. The van der Waals surface area contributed by atoms with E-state index >= 15 is 0 Å². The Kier molecular flexibility index (Phi) is 42.0. The van der Waals surface area contributed by atoms with Crippen LogP contribution in [0.1, 0.15) is 271 Å². The Balaban J connectivity index is 1.74. The van der Waals surface area contributed by atoms with Gasteiger partial charge in [0, 0.05) is 6.42 Å². The van der Waals surface area contributed by atoms with Crippen molar-refractivity contribution in [1.29, 1.82) is 0 Å². The van der Waals surface area contributed by atoms with E-state index < -0.39 is 86.8 Å².